The van der Waals surface area contributed by atoms with Crippen molar-refractivity contribution >= 4 is 84.3 Å². The number of nitrogens with one attached hydrogen (secondary N) is 2. The number of thiocarbonyl (C=S) groups is 1. The van der Waals surface area contributed by atoms with Gasteiger partial charge < -0.3 is 10.4 Å². The second-order valence-electron chi connectivity index (χ2n) is 4.28. The lowest BCUT2D eigenvalue weighted by Gasteiger charge is -2.09. The highest BCUT2D eigenvalue weighted by atomic mass is 79.9. The lowest BCUT2D eigenvalue weighted by atomic mass is 10.2. The van der Waals surface area contributed by atoms with E-state index in [9.17, 15) is 5.11 Å². The van der Waals surface area contributed by atoms with Crippen LogP contribution in [-0.2, 0) is 0 Å². The highest BCUT2D eigenvalue weighted by molar-refractivity contribution is 9.11. The molecule has 0 saturated heterocycles. The fourth-order valence-corrected chi connectivity index (χ4v) is 3.29. The molecule has 0 amide bonds. The van der Waals surface area contributed by atoms with Gasteiger partial charge in [-0.3, -0.25) is 5.43 Å². The van der Waals surface area contributed by atoms with Crippen molar-refractivity contribution in [3.8, 4) is 5.75 Å². The number of halogens is 4. The van der Waals surface area contributed by atoms with E-state index in [1.165, 1.54) is 0 Å². The molecule has 2 aromatic carbocycles. The molecular formula is C14H9Br2Cl2N3OS. The van der Waals surface area contributed by atoms with Gasteiger partial charge in [-0.15, -0.1) is 0 Å². The smallest absolute Gasteiger partial charge is 0.191 e. The number of benzene rings is 2. The minimum atomic E-state index is 0.128. The maximum Gasteiger partial charge on any atom is 0.191 e. The first-order valence-electron chi connectivity index (χ1n) is 6.10. The van der Waals surface area contributed by atoms with Crippen molar-refractivity contribution in [3.63, 3.8) is 0 Å². The molecule has 0 aliphatic rings. The van der Waals surface area contributed by atoms with Gasteiger partial charge >= 0.3 is 0 Å². The fourth-order valence-electron chi connectivity index (χ4n) is 1.57. The molecule has 23 heavy (non-hydrogen) atoms. The van der Waals surface area contributed by atoms with Gasteiger partial charge in [0.2, 0.25) is 0 Å². The second kappa shape index (κ2) is 8.30. The van der Waals surface area contributed by atoms with Crippen LogP contribution in [0.1, 0.15) is 5.56 Å². The molecule has 3 N–H and O–H groups in total. The van der Waals surface area contributed by atoms with Gasteiger partial charge in [0.05, 0.1) is 25.9 Å². The first kappa shape index (κ1) is 18.5. The van der Waals surface area contributed by atoms with Crippen LogP contribution in [0.15, 0.2) is 44.4 Å². The molecule has 0 atom stereocenters. The molecule has 2 rings (SSSR count). The third-order valence-corrected chi connectivity index (χ3v) is 4.56. The molecule has 0 aromatic heterocycles. The molecule has 0 unspecified atom stereocenters. The Morgan fingerprint density at radius 1 is 1.17 bits per heavy atom. The first-order valence-corrected chi connectivity index (χ1v) is 8.85. The minimum Gasteiger partial charge on any atom is -0.506 e. The van der Waals surface area contributed by atoms with Crippen LogP contribution in [0.4, 0.5) is 5.69 Å². The Morgan fingerprint density at radius 3 is 2.48 bits per heavy atom. The van der Waals surface area contributed by atoms with Gasteiger partial charge in [0.15, 0.2) is 5.11 Å². The summed E-state index contributed by atoms with van der Waals surface area (Å²) >= 11 is 23.6. The summed E-state index contributed by atoms with van der Waals surface area (Å²) in [6.45, 7) is 0. The molecule has 0 aliphatic carbocycles. The molecule has 9 heteroatoms. The van der Waals surface area contributed by atoms with Gasteiger partial charge in [0.25, 0.3) is 0 Å². The number of rotatable bonds is 3. The van der Waals surface area contributed by atoms with E-state index in [1.54, 1.807) is 36.5 Å². The average molecular weight is 498 g/mol. The number of aromatic hydroxyl groups is 1. The highest BCUT2D eigenvalue weighted by Crippen LogP contribution is 2.32. The van der Waals surface area contributed by atoms with Gasteiger partial charge in [-0.2, -0.15) is 5.10 Å². The Morgan fingerprint density at radius 2 is 1.83 bits per heavy atom. The zero-order chi connectivity index (χ0) is 17.0. The van der Waals surface area contributed by atoms with Crippen LogP contribution in [0, 0.1) is 0 Å². The summed E-state index contributed by atoms with van der Waals surface area (Å²) in [5, 5.41) is 17.9. The van der Waals surface area contributed by atoms with E-state index in [0.29, 0.717) is 24.7 Å². The van der Waals surface area contributed by atoms with Crippen LogP contribution >= 0.6 is 67.3 Å². The highest BCUT2D eigenvalue weighted by Gasteiger charge is 2.05. The van der Waals surface area contributed by atoms with Crippen molar-refractivity contribution in [1.29, 1.82) is 0 Å². The zero-order valence-corrected chi connectivity index (χ0v) is 16.8. The van der Waals surface area contributed by atoms with E-state index >= 15 is 0 Å². The summed E-state index contributed by atoms with van der Waals surface area (Å²) in [7, 11) is 0. The molecule has 120 valence electrons. The molecule has 2 aromatic rings. The molecule has 0 bridgehead atoms. The van der Waals surface area contributed by atoms with Crippen LogP contribution < -0.4 is 10.7 Å². The number of hydrogen-bond donors (Lipinski definition) is 3. The van der Waals surface area contributed by atoms with Crippen LogP contribution in [0.5, 0.6) is 5.75 Å². The lowest BCUT2D eigenvalue weighted by Crippen LogP contribution is -2.24. The van der Waals surface area contributed by atoms with Gasteiger partial charge in [-0.25, -0.2) is 0 Å². The molecule has 4 nitrogen and oxygen atoms in total. The average Bonchev–Trinajstić information content (AvgIpc) is 2.48. The largest absolute Gasteiger partial charge is 0.506 e. The second-order valence-corrected chi connectivity index (χ2v) is 7.24. The van der Waals surface area contributed by atoms with Gasteiger partial charge in [-0.1, -0.05) is 23.2 Å². The predicted octanol–water partition coefficient (Wildman–Crippen LogP) is 5.54. The summed E-state index contributed by atoms with van der Waals surface area (Å²) in [5.74, 6) is 0.128. The molecule has 0 heterocycles. The van der Waals surface area contributed by atoms with Crippen LogP contribution in [0.3, 0.4) is 0 Å². The normalized spacial score (nSPS) is 10.8. The summed E-state index contributed by atoms with van der Waals surface area (Å²) in [4.78, 5) is 0. The maximum absolute atomic E-state index is 9.65. The number of anilines is 1. The number of phenolic OH excluding ortho intramolecular Hbond substituents is 1. The van der Waals surface area contributed by atoms with E-state index in [1.807, 2.05) is 0 Å². The third kappa shape index (κ3) is 5.32. The van der Waals surface area contributed by atoms with E-state index in [0.717, 1.165) is 5.56 Å². The van der Waals surface area contributed by atoms with E-state index in [2.05, 4.69) is 47.7 Å². The summed E-state index contributed by atoms with van der Waals surface area (Å²) in [5.41, 5.74) is 4.02. The molecule has 0 radical (unpaired) electrons. The number of hydrazone groups is 1. The molecular weight excluding hydrogens is 489 g/mol. The maximum atomic E-state index is 9.65. The number of nitrogens with zero attached hydrogens (tertiary/aromatic N) is 1. The molecule has 0 aliphatic heterocycles. The van der Waals surface area contributed by atoms with Crippen molar-refractivity contribution in [3.05, 3.63) is 54.9 Å². The monoisotopic (exact) mass is 495 g/mol. The van der Waals surface area contributed by atoms with Crippen molar-refractivity contribution in [2.75, 3.05) is 5.32 Å². The zero-order valence-electron chi connectivity index (χ0n) is 11.3. The Kier molecular flexibility index (Phi) is 6.67. The van der Waals surface area contributed by atoms with Crippen molar-refractivity contribution < 1.29 is 5.11 Å². The summed E-state index contributed by atoms with van der Waals surface area (Å²) < 4.78 is 1.11. The standard InChI is InChI=1S/C14H9Br2Cl2N3OS/c15-9-3-7(4-10(16)13(9)22)6-19-21-14(23)20-12-5-8(17)1-2-11(12)18/h1-6,22H,(H2,20,21,23)/b19-6+. The van der Waals surface area contributed by atoms with Gasteiger partial charge in [-0.05, 0) is 80.0 Å². The lowest BCUT2D eigenvalue weighted by molar-refractivity contribution is 0.468. The Balaban J connectivity index is 2.00. The Bertz CT molecular complexity index is 764. The van der Waals surface area contributed by atoms with E-state index in [-0.39, 0.29) is 10.9 Å². The fraction of sp³-hybridized carbons (Fsp3) is 0. The first-order chi connectivity index (χ1) is 10.9. The molecule has 0 fully saturated rings. The topological polar surface area (TPSA) is 56.7 Å². The van der Waals surface area contributed by atoms with Crippen molar-refractivity contribution in [1.82, 2.24) is 5.43 Å². The van der Waals surface area contributed by atoms with Crippen molar-refractivity contribution in [2.24, 2.45) is 5.10 Å². The van der Waals surface area contributed by atoms with E-state index in [4.69, 9.17) is 35.4 Å². The molecule has 0 spiro atoms. The third-order valence-electron chi connectivity index (χ3n) is 2.60. The van der Waals surface area contributed by atoms with Gasteiger partial charge in [0, 0.05) is 5.02 Å². The number of phenols is 1. The number of hydrogen-bond acceptors (Lipinski definition) is 3. The summed E-state index contributed by atoms with van der Waals surface area (Å²) in [6.07, 6.45) is 1.56. The predicted molar refractivity (Wildman–Crippen MR) is 107 cm³/mol. The Hall–Kier alpha value is -0.860. The van der Waals surface area contributed by atoms with Crippen LogP contribution in [0.25, 0.3) is 0 Å². The van der Waals surface area contributed by atoms with E-state index < -0.39 is 0 Å². The van der Waals surface area contributed by atoms with Crippen LogP contribution in [-0.4, -0.2) is 16.4 Å². The minimum absolute atomic E-state index is 0.128. The Labute approximate surface area is 165 Å². The van der Waals surface area contributed by atoms with Crippen LogP contribution in [0.2, 0.25) is 10.0 Å². The SMILES string of the molecule is Oc1c(Br)cc(/C=N/NC(=S)Nc2cc(Cl)ccc2Cl)cc1Br. The van der Waals surface area contributed by atoms with Gasteiger partial charge in [0.1, 0.15) is 5.75 Å². The molecule has 0 saturated carbocycles. The summed E-state index contributed by atoms with van der Waals surface area (Å²) in [6, 6.07) is 8.45. The quantitative estimate of drug-likeness (QED) is 0.296. The van der Waals surface area contributed by atoms with Crippen molar-refractivity contribution in [2.45, 2.75) is 0 Å².